The van der Waals surface area contributed by atoms with E-state index in [-0.39, 0.29) is 18.7 Å². The Bertz CT molecular complexity index is 799. The van der Waals surface area contributed by atoms with E-state index >= 15 is 0 Å². The number of rotatable bonds is 8. The van der Waals surface area contributed by atoms with Crippen LogP contribution in [0.4, 0.5) is 13.2 Å². The number of hydrogen-bond donors (Lipinski definition) is 2. The predicted octanol–water partition coefficient (Wildman–Crippen LogP) is 2.96. The van der Waals surface area contributed by atoms with Crippen molar-refractivity contribution in [1.29, 1.82) is 0 Å². The molecule has 0 saturated heterocycles. The van der Waals surface area contributed by atoms with E-state index in [2.05, 4.69) is 15.4 Å². The smallest absolute Gasteiger partial charge is 0.387 e. The van der Waals surface area contributed by atoms with E-state index in [9.17, 15) is 22.8 Å². The lowest BCUT2D eigenvalue weighted by Crippen LogP contribution is -2.38. The van der Waals surface area contributed by atoms with Crippen molar-refractivity contribution in [3.8, 4) is 5.75 Å². The van der Waals surface area contributed by atoms with Gasteiger partial charge in [-0.05, 0) is 42.3 Å². The van der Waals surface area contributed by atoms with Gasteiger partial charge in [-0.25, -0.2) is 4.39 Å². The lowest BCUT2D eigenvalue weighted by molar-refractivity contribution is -0.126. The van der Waals surface area contributed by atoms with E-state index in [4.69, 9.17) is 0 Å². The van der Waals surface area contributed by atoms with E-state index in [0.717, 1.165) is 0 Å². The number of benzene rings is 2. The van der Waals surface area contributed by atoms with E-state index in [1.54, 1.807) is 19.1 Å². The third kappa shape index (κ3) is 7.01. The van der Waals surface area contributed by atoms with Gasteiger partial charge in [0.2, 0.25) is 11.8 Å². The number of carbonyl (C=O) groups excluding carboxylic acids is 2. The van der Waals surface area contributed by atoms with Crippen molar-refractivity contribution >= 4 is 11.8 Å². The fourth-order valence-electron chi connectivity index (χ4n) is 2.41. The number of nitrogens with one attached hydrogen (secondary N) is 2. The molecule has 5 nitrogen and oxygen atoms in total. The van der Waals surface area contributed by atoms with Crippen LogP contribution in [0, 0.1) is 5.82 Å². The third-order valence-corrected chi connectivity index (χ3v) is 3.66. The highest BCUT2D eigenvalue weighted by Crippen LogP contribution is 2.20. The Morgan fingerprint density at radius 1 is 1.07 bits per heavy atom. The van der Waals surface area contributed by atoms with Crippen LogP contribution in [0.25, 0.3) is 0 Å². The number of ether oxygens (including phenoxy) is 1. The highest BCUT2D eigenvalue weighted by molar-refractivity contribution is 5.85. The summed E-state index contributed by atoms with van der Waals surface area (Å²) in [6, 6.07) is 11.1. The molecule has 1 unspecified atom stereocenters. The van der Waals surface area contributed by atoms with Crippen molar-refractivity contribution in [1.82, 2.24) is 10.6 Å². The van der Waals surface area contributed by atoms with Gasteiger partial charge in [0, 0.05) is 0 Å². The molecule has 0 aliphatic heterocycles. The molecule has 2 aromatic carbocycles. The summed E-state index contributed by atoms with van der Waals surface area (Å²) in [5.74, 6) is -1.32. The van der Waals surface area contributed by atoms with Crippen LogP contribution in [0.2, 0.25) is 0 Å². The molecule has 0 spiro atoms. The molecule has 0 bridgehead atoms. The van der Waals surface area contributed by atoms with Crippen molar-refractivity contribution < 1.29 is 27.5 Å². The third-order valence-electron chi connectivity index (χ3n) is 3.66. The minimum Gasteiger partial charge on any atom is -0.435 e. The molecule has 144 valence electrons. The zero-order chi connectivity index (χ0) is 19.8. The van der Waals surface area contributed by atoms with Gasteiger partial charge in [-0.15, -0.1) is 0 Å². The molecule has 0 aliphatic rings. The summed E-state index contributed by atoms with van der Waals surface area (Å²) in [5.41, 5.74) is 1.07. The van der Waals surface area contributed by atoms with Crippen molar-refractivity contribution in [3.63, 3.8) is 0 Å². The molecule has 1 atom stereocenters. The Kier molecular flexibility index (Phi) is 7.22. The van der Waals surface area contributed by atoms with E-state index in [1.165, 1.54) is 36.4 Å². The maximum atomic E-state index is 13.1. The molecule has 0 heterocycles. The molecule has 2 amide bonds. The van der Waals surface area contributed by atoms with E-state index < -0.39 is 30.3 Å². The highest BCUT2D eigenvalue weighted by Gasteiger charge is 2.13. The molecule has 0 aliphatic carbocycles. The number of amides is 2. The summed E-state index contributed by atoms with van der Waals surface area (Å²) in [5, 5.41) is 5.10. The normalized spacial score (nSPS) is 11.7. The van der Waals surface area contributed by atoms with E-state index in [0.29, 0.717) is 11.1 Å². The average Bonchev–Trinajstić information content (AvgIpc) is 2.59. The maximum Gasteiger partial charge on any atom is 0.387 e. The van der Waals surface area contributed by atoms with Crippen LogP contribution in [0.15, 0.2) is 48.5 Å². The molecule has 0 aromatic heterocycles. The second-order valence-corrected chi connectivity index (χ2v) is 5.82. The Morgan fingerprint density at radius 3 is 2.52 bits per heavy atom. The fraction of sp³-hybridized carbons (Fsp3) is 0.263. The number of alkyl halides is 2. The first kappa shape index (κ1) is 20.3. The standard InChI is InChI=1S/C19H19F3N2O3/c1-12(14-5-3-7-16(10-14)27-19(21)22)24-18(26)11-23-17(25)9-13-4-2-6-15(20)8-13/h2-8,10,12,19H,9,11H2,1H3,(H,23,25)(H,24,26). The minimum atomic E-state index is -2.93. The molecule has 0 saturated carbocycles. The monoisotopic (exact) mass is 380 g/mol. The minimum absolute atomic E-state index is 0.00741. The first-order chi connectivity index (χ1) is 12.8. The summed E-state index contributed by atoms with van der Waals surface area (Å²) in [4.78, 5) is 23.8. The van der Waals surface area contributed by atoms with Gasteiger partial charge in [0.05, 0.1) is 19.0 Å². The highest BCUT2D eigenvalue weighted by atomic mass is 19.3. The van der Waals surface area contributed by atoms with Crippen LogP contribution in [-0.4, -0.2) is 25.0 Å². The van der Waals surface area contributed by atoms with Gasteiger partial charge in [-0.2, -0.15) is 8.78 Å². The molecular weight excluding hydrogens is 361 g/mol. The Hall–Kier alpha value is -3.03. The van der Waals surface area contributed by atoms with Gasteiger partial charge < -0.3 is 15.4 Å². The molecule has 8 heteroatoms. The summed E-state index contributed by atoms with van der Waals surface area (Å²) in [6.45, 7) is -1.52. The number of carbonyl (C=O) groups is 2. The topological polar surface area (TPSA) is 67.4 Å². The van der Waals surface area contributed by atoms with Crippen LogP contribution in [0.5, 0.6) is 5.75 Å². The Labute approximate surface area is 154 Å². The second-order valence-electron chi connectivity index (χ2n) is 5.82. The largest absolute Gasteiger partial charge is 0.435 e. The van der Waals surface area contributed by atoms with Crippen LogP contribution < -0.4 is 15.4 Å². The molecule has 0 radical (unpaired) electrons. The van der Waals surface area contributed by atoms with Gasteiger partial charge in [0.25, 0.3) is 0 Å². The molecular formula is C19H19F3N2O3. The van der Waals surface area contributed by atoms with Gasteiger partial charge in [-0.3, -0.25) is 9.59 Å². The van der Waals surface area contributed by atoms with Gasteiger partial charge >= 0.3 is 6.61 Å². The quantitative estimate of drug-likeness (QED) is 0.740. The molecule has 0 fully saturated rings. The summed E-state index contributed by atoms with van der Waals surface area (Å²) in [7, 11) is 0. The molecule has 2 aromatic rings. The van der Waals surface area contributed by atoms with Crippen LogP contribution in [0.3, 0.4) is 0 Å². The summed E-state index contributed by atoms with van der Waals surface area (Å²) in [6.07, 6.45) is -0.0480. The molecule has 2 rings (SSSR count). The number of hydrogen-bond acceptors (Lipinski definition) is 3. The lowest BCUT2D eigenvalue weighted by atomic mass is 10.1. The van der Waals surface area contributed by atoms with Crippen molar-refractivity contribution in [3.05, 3.63) is 65.5 Å². The second kappa shape index (κ2) is 9.61. The summed E-state index contributed by atoms with van der Waals surface area (Å²) >= 11 is 0. The SMILES string of the molecule is CC(NC(=O)CNC(=O)Cc1cccc(F)c1)c1cccc(OC(F)F)c1. The van der Waals surface area contributed by atoms with Crippen LogP contribution in [-0.2, 0) is 16.0 Å². The van der Waals surface area contributed by atoms with Crippen molar-refractivity contribution in [2.45, 2.75) is 26.0 Å². The first-order valence-corrected chi connectivity index (χ1v) is 8.19. The zero-order valence-electron chi connectivity index (χ0n) is 14.5. The van der Waals surface area contributed by atoms with Gasteiger partial charge in [0.15, 0.2) is 0 Å². The Balaban J connectivity index is 1.81. The van der Waals surface area contributed by atoms with Crippen LogP contribution in [0.1, 0.15) is 24.1 Å². The first-order valence-electron chi connectivity index (χ1n) is 8.19. The molecule has 27 heavy (non-hydrogen) atoms. The zero-order valence-corrected chi connectivity index (χ0v) is 14.5. The summed E-state index contributed by atoms with van der Waals surface area (Å²) < 4.78 is 41.9. The lowest BCUT2D eigenvalue weighted by Gasteiger charge is -2.16. The fourth-order valence-corrected chi connectivity index (χ4v) is 2.41. The van der Waals surface area contributed by atoms with Crippen molar-refractivity contribution in [2.24, 2.45) is 0 Å². The number of halogens is 3. The van der Waals surface area contributed by atoms with Crippen molar-refractivity contribution in [2.75, 3.05) is 6.54 Å². The van der Waals surface area contributed by atoms with Gasteiger partial charge in [0.1, 0.15) is 11.6 Å². The van der Waals surface area contributed by atoms with Crippen LogP contribution >= 0.6 is 0 Å². The molecule has 2 N–H and O–H groups in total. The Morgan fingerprint density at radius 2 is 1.81 bits per heavy atom. The van der Waals surface area contributed by atoms with Gasteiger partial charge in [-0.1, -0.05) is 24.3 Å². The maximum absolute atomic E-state index is 13.1. The average molecular weight is 380 g/mol. The predicted molar refractivity (Wildman–Crippen MR) is 92.7 cm³/mol. The van der Waals surface area contributed by atoms with E-state index in [1.807, 2.05) is 0 Å².